The molecule has 10 heteroatoms. The van der Waals surface area contributed by atoms with Crippen LogP contribution in [0.4, 0.5) is 17.6 Å². The average Bonchev–Trinajstić information content (AvgIpc) is 3.09. The quantitative estimate of drug-likeness (QED) is 0.635. The molecule has 136 valence electrons. The van der Waals surface area contributed by atoms with E-state index in [1.165, 1.54) is 0 Å². The highest BCUT2D eigenvalue weighted by Gasteiger charge is 2.58. The van der Waals surface area contributed by atoms with E-state index >= 15 is 0 Å². The van der Waals surface area contributed by atoms with Crippen molar-refractivity contribution in [1.29, 1.82) is 0 Å². The van der Waals surface area contributed by atoms with Crippen LogP contribution in [0.25, 0.3) is 0 Å². The lowest BCUT2D eigenvalue weighted by molar-refractivity contribution is -0.270. The van der Waals surface area contributed by atoms with Gasteiger partial charge >= 0.3 is 6.11 Å². The maximum Gasteiger partial charge on any atom is 0.358 e. The molecule has 6 nitrogen and oxygen atoms in total. The molecule has 4 aliphatic rings. The average molecular weight is 348 g/mol. The molecule has 4 saturated heterocycles. The Kier molecular flexibility index (Phi) is 5.25. The maximum atomic E-state index is 12.8. The fourth-order valence-electron chi connectivity index (χ4n) is 2.97. The van der Waals surface area contributed by atoms with E-state index in [1.807, 2.05) is 0 Å². The molecule has 6 atom stereocenters. The zero-order chi connectivity index (χ0) is 16.1. The third kappa shape index (κ3) is 3.62. The number of aliphatic hydroxyl groups is 2. The van der Waals surface area contributed by atoms with Gasteiger partial charge in [-0.1, -0.05) is 7.43 Å². The van der Waals surface area contributed by atoms with E-state index in [-0.39, 0.29) is 20.6 Å². The predicted molar refractivity (Wildman–Crippen MR) is 66.8 cm³/mol. The van der Waals surface area contributed by atoms with Gasteiger partial charge < -0.3 is 24.4 Å². The SMILES string of the molecule is C.O[C@H]1CO[C@@H]2OC(F)(F)C[C@@H]21.O[C@H]1CO[C@H]2OCC(F)(F)[C@H]21. The van der Waals surface area contributed by atoms with Crippen LogP contribution in [0.3, 0.4) is 0 Å². The lowest BCUT2D eigenvalue weighted by atomic mass is 10.00. The van der Waals surface area contributed by atoms with Crippen LogP contribution < -0.4 is 0 Å². The number of ether oxygens (including phenoxy) is 4. The lowest BCUT2D eigenvalue weighted by Crippen LogP contribution is -2.35. The molecule has 2 N–H and O–H groups in total. The highest BCUT2D eigenvalue weighted by atomic mass is 19.3. The highest BCUT2D eigenvalue weighted by Crippen LogP contribution is 2.43. The molecule has 0 spiro atoms. The first-order chi connectivity index (χ1) is 10.2. The smallest absolute Gasteiger partial charge is 0.358 e. The van der Waals surface area contributed by atoms with Gasteiger partial charge in [0.05, 0.1) is 25.4 Å². The van der Waals surface area contributed by atoms with E-state index in [2.05, 4.69) is 9.47 Å². The molecule has 0 bridgehead atoms. The van der Waals surface area contributed by atoms with Gasteiger partial charge in [-0.15, -0.1) is 0 Å². The van der Waals surface area contributed by atoms with E-state index in [4.69, 9.17) is 19.7 Å². The van der Waals surface area contributed by atoms with Gasteiger partial charge in [-0.05, 0) is 0 Å². The monoisotopic (exact) mass is 348 g/mol. The molecule has 23 heavy (non-hydrogen) atoms. The van der Waals surface area contributed by atoms with Crippen molar-refractivity contribution >= 4 is 0 Å². The van der Waals surface area contributed by atoms with Crippen molar-refractivity contribution in [2.75, 3.05) is 19.8 Å². The van der Waals surface area contributed by atoms with Crippen molar-refractivity contribution in [2.45, 2.75) is 50.7 Å². The Balaban J connectivity index is 0.000000160. The van der Waals surface area contributed by atoms with Gasteiger partial charge in [-0.2, -0.15) is 8.78 Å². The molecule has 0 radical (unpaired) electrons. The summed E-state index contributed by atoms with van der Waals surface area (Å²) in [6, 6.07) is 0. The van der Waals surface area contributed by atoms with Crippen LogP contribution in [0.15, 0.2) is 0 Å². The standard InChI is InChI=1S/2C6H8F2O3.CH4/c7-6(8)2-11-5-4(6)3(9)1-10-5;7-6(8)1-3-4(9)2-10-5(3)11-6;/h2*3-5,9H,1-2H2;1H4/t3-,4-,5-;3-,4+,5-;/m01./s1. The van der Waals surface area contributed by atoms with Crippen LogP contribution in [0, 0.1) is 11.8 Å². The summed E-state index contributed by atoms with van der Waals surface area (Å²) in [5.41, 5.74) is 0. The Morgan fingerprint density at radius 3 is 2.09 bits per heavy atom. The van der Waals surface area contributed by atoms with Crippen molar-refractivity contribution < 1.29 is 46.7 Å². The van der Waals surface area contributed by atoms with Gasteiger partial charge in [0.2, 0.25) is 0 Å². The number of fused-ring (bicyclic) bond motifs is 2. The number of hydrogen-bond donors (Lipinski definition) is 2. The first-order valence-electron chi connectivity index (χ1n) is 6.84. The molecular formula is C13H20F4O6. The topological polar surface area (TPSA) is 77.4 Å². The van der Waals surface area contributed by atoms with Gasteiger partial charge in [0, 0.05) is 12.3 Å². The summed E-state index contributed by atoms with van der Waals surface area (Å²) in [6.45, 7) is -0.588. The van der Waals surface area contributed by atoms with Gasteiger partial charge in [-0.25, -0.2) is 8.78 Å². The van der Waals surface area contributed by atoms with Gasteiger partial charge in [-0.3, -0.25) is 4.74 Å². The van der Waals surface area contributed by atoms with Crippen LogP contribution in [-0.2, 0) is 18.9 Å². The normalized spacial score (nSPS) is 45.7. The van der Waals surface area contributed by atoms with Crippen LogP contribution in [-0.4, -0.2) is 66.9 Å². The van der Waals surface area contributed by atoms with Crippen molar-refractivity contribution in [2.24, 2.45) is 11.8 Å². The Morgan fingerprint density at radius 1 is 0.870 bits per heavy atom. The zero-order valence-electron chi connectivity index (χ0n) is 11.3. The van der Waals surface area contributed by atoms with Gasteiger partial charge in [0.25, 0.3) is 5.92 Å². The molecule has 0 amide bonds. The Hall–Kier alpha value is -0.520. The summed E-state index contributed by atoms with van der Waals surface area (Å²) >= 11 is 0. The lowest BCUT2D eigenvalue weighted by Gasteiger charge is -2.16. The van der Waals surface area contributed by atoms with Crippen LogP contribution >= 0.6 is 0 Å². The number of alkyl halides is 4. The minimum atomic E-state index is -3.11. The highest BCUT2D eigenvalue weighted by molar-refractivity contribution is 4.94. The zero-order valence-corrected chi connectivity index (χ0v) is 11.3. The molecule has 0 aromatic carbocycles. The van der Waals surface area contributed by atoms with Crippen molar-refractivity contribution in [3.63, 3.8) is 0 Å². The second-order valence-corrected chi connectivity index (χ2v) is 5.76. The van der Waals surface area contributed by atoms with E-state index in [9.17, 15) is 17.6 Å². The van der Waals surface area contributed by atoms with E-state index < -0.39 is 61.7 Å². The molecule has 0 saturated carbocycles. The maximum absolute atomic E-state index is 12.8. The third-order valence-electron chi connectivity index (χ3n) is 4.10. The van der Waals surface area contributed by atoms with Crippen LogP contribution in [0.2, 0.25) is 0 Å². The van der Waals surface area contributed by atoms with Crippen molar-refractivity contribution in [1.82, 2.24) is 0 Å². The Bertz CT molecular complexity index is 423. The van der Waals surface area contributed by atoms with Crippen molar-refractivity contribution in [3.05, 3.63) is 0 Å². The molecule has 0 aliphatic carbocycles. The van der Waals surface area contributed by atoms with E-state index in [1.54, 1.807) is 0 Å². The number of halogens is 4. The minimum Gasteiger partial charge on any atom is -0.390 e. The molecule has 4 fully saturated rings. The summed E-state index contributed by atoms with van der Waals surface area (Å²) in [5.74, 6) is -4.65. The fourth-order valence-corrected chi connectivity index (χ4v) is 2.97. The first-order valence-corrected chi connectivity index (χ1v) is 6.84. The fraction of sp³-hybridized carbons (Fsp3) is 1.00. The molecule has 0 unspecified atom stereocenters. The number of aliphatic hydroxyl groups excluding tert-OH is 2. The summed E-state index contributed by atoms with van der Waals surface area (Å²) in [4.78, 5) is 0. The minimum absolute atomic E-state index is 0. The number of hydrogen-bond acceptors (Lipinski definition) is 6. The van der Waals surface area contributed by atoms with Crippen molar-refractivity contribution in [3.8, 4) is 0 Å². The number of rotatable bonds is 0. The summed E-state index contributed by atoms with van der Waals surface area (Å²) in [5, 5.41) is 18.1. The summed E-state index contributed by atoms with van der Waals surface area (Å²) in [7, 11) is 0. The molecule has 0 aromatic heterocycles. The molecule has 0 aromatic rings. The third-order valence-corrected chi connectivity index (χ3v) is 4.10. The van der Waals surface area contributed by atoms with Crippen LogP contribution in [0.5, 0.6) is 0 Å². The Morgan fingerprint density at radius 2 is 1.48 bits per heavy atom. The predicted octanol–water partition coefficient (Wildman–Crippen LogP) is 0.954. The van der Waals surface area contributed by atoms with Crippen LogP contribution in [0.1, 0.15) is 13.8 Å². The summed E-state index contributed by atoms with van der Waals surface area (Å²) in [6.07, 6.45) is -7.24. The largest absolute Gasteiger partial charge is 0.390 e. The summed E-state index contributed by atoms with van der Waals surface area (Å²) < 4.78 is 68.8. The Labute approximate surface area is 130 Å². The molecule has 4 heterocycles. The molecule has 4 rings (SSSR count). The van der Waals surface area contributed by atoms with Gasteiger partial charge in [0.15, 0.2) is 12.6 Å². The second-order valence-electron chi connectivity index (χ2n) is 5.76. The van der Waals surface area contributed by atoms with Gasteiger partial charge in [0.1, 0.15) is 12.5 Å². The molecule has 4 aliphatic heterocycles. The van der Waals surface area contributed by atoms with E-state index in [0.29, 0.717) is 0 Å². The second kappa shape index (κ2) is 6.41. The molecular weight excluding hydrogens is 328 g/mol. The van der Waals surface area contributed by atoms with E-state index in [0.717, 1.165) is 0 Å². The first kappa shape index (κ1) is 18.8.